The van der Waals surface area contributed by atoms with Gasteiger partial charge in [-0.15, -0.1) is 16.4 Å². The Morgan fingerprint density at radius 1 is 1.11 bits per heavy atom. The normalized spacial score (nSPS) is 10.7. The lowest BCUT2D eigenvalue weighted by Crippen LogP contribution is -2.16. The van der Waals surface area contributed by atoms with E-state index in [0.717, 1.165) is 21.8 Å². The number of aromatic nitrogens is 6. The Morgan fingerprint density at radius 2 is 1.93 bits per heavy atom. The highest BCUT2D eigenvalue weighted by atomic mass is 32.1. The molecule has 0 aliphatic heterocycles. The Bertz CT molecular complexity index is 1090. The van der Waals surface area contributed by atoms with Gasteiger partial charge in [-0.1, -0.05) is 11.3 Å². The molecular weight excluding hydrogens is 362 g/mol. The maximum atomic E-state index is 12.7. The molecule has 0 saturated heterocycles. The minimum absolute atomic E-state index is 0.309. The van der Waals surface area contributed by atoms with Crippen LogP contribution >= 0.6 is 11.3 Å². The van der Waals surface area contributed by atoms with Crippen molar-refractivity contribution in [2.24, 2.45) is 0 Å². The second-order valence-corrected chi connectivity index (χ2v) is 7.04. The minimum Gasteiger partial charge on any atom is -0.296 e. The van der Waals surface area contributed by atoms with Crippen LogP contribution in [0.3, 0.4) is 0 Å². The lowest BCUT2D eigenvalue weighted by Gasteiger charge is -2.05. The molecule has 0 saturated carbocycles. The molecule has 0 fully saturated rings. The number of carbonyl (C=O) groups excluding carboxylic acids is 1. The molecular formula is C18H15N7OS. The SMILES string of the molecule is Cc1ccc(-c2nc(NC(=O)c3cnnn3-c3ccncc3)sc2C)nc1. The maximum Gasteiger partial charge on any atom is 0.277 e. The van der Waals surface area contributed by atoms with Gasteiger partial charge in [0.25, 0.3) is 5.91 Å². The van der Waals surface area contributed by atoms with Gasteiger partial charge in [0, 0.05) is 23.5 Å². The fraction of sp³-hybridized carbons (Fsp3) is 0.111. The molecule has 4 aromatic rings. The third-order valence-corrected chi connectivity index (χ3v) is 4.75. The van der Waals surface area contributed by atoms with Crippen molar-refractivity contribution in [1.82, 2.24) is 29.9 Å². The number of hydrogen-bond donors (Lipinski definition) is 1. The van der Waals surface area contributed by atoms with E-state index in [1.165, 1.54) is 22.2 Å². The molecule has 134 valence electrons. The van der Waals surface area contributed by atoms with E-state index < -0.39 is 0 Å². The quantitative estimate of drug-likeness (QED) is 0.587. The van der Waals surface area contributed by atoms with E-state index in [1.807, 2.05) is 26.0 Å². The molecule has 0 aliphatic rings. The molecule has 0 bridgehead atoms. The van der Waals surface area contributed by atoms with Gasteiger partial charge in [-0.3, -0.25) is 20.1 Å². The first-order valence-corrected chi connectivity index (χ1v) is 8.96. The molecule has 0 atom stereocenters. The third-order valence-electron chi connectivity index (χ3n) is 3.86. The lowest BCUT2D eigenvalue weighted by atomic mass is 10.2. The Morgan fingerprint density at radius 3 is 2.67 bits per heavy atom. The highest BCUT2D eigenvalue weighted by Gasteiger charge is 2.18. The van der Waals surface area contributed by atoms with Gasteiger partial charge in [-0.2, -0.15) is 0 Å². The van der Waals surface area contributed by atoms with Gasteiger partial charge in [0.15, 0.2) is 10.8 Å². The fourth-order valence-electron chi connectivity index (χ4n) is 2.52. The van der Waals surface area contributed by atoms with Gasteiger partial charge >= 0.3 is 0 Å². The summed E-state index contributed by atoms with van der Waals surface area (Å²) in [5.41, 5.74) is 3.63. The molecule has 27 heavy (non-hydrogen) atoms. The van der Waals surface area contributed by atoms with Crippen LogP contribution in [0.25, 0.3) is 17.1 Å². The third kappa shape index (κ3) is 3.44. The van der Waals surface area contributed by atoms with Crippen LogP contribution in [0.15, 0.2) is 49.1 Å². The lowest BCUT2D eigenvalue weighted by molar-refractivity contribution is 0.101. The molecule has 4 aromatic heterocycles. The largest absolute Gasteiger partial charge is 0.296 e. The van der Waals surface area contributed by atoms with Crippen LogP contribution < -0.4 is 5.32 Å². The summed E-state index contributed by atoms with van der Waals surface area (Å²) in [7, 11) is 0. The summed E-state index contributed by atoms with van der Waals surface area (Å²) in [5.74, 6) is -0.339. The second kappa shape index (κ2) is 7.04. The number of anilines is 1. The zero-order valence-corrected chi connectivity index (χ0v) is 15.4. The average Bonchev–Trinajstić information content (AvgIpc) is 3.30. The monoisotopic (exact) mass is 377 g/mol. The highest BCUT2D eigenvalue weighted by molar-refractivity contribution is 7.16. The van der Waals surface area contributed by atoms with Gasteiger partial charge in [-0.05, 0) is 37.6 Å². The molecule has 0 aromatic carbocycles. The topological polar surface area (TPSA) is 98.5 Å². The summed E-state index contributed by atoms with van der Waals surface area (Å²) < 4.78 is 1.46. The number of nitrogens with one attached hydrogen (secondary N) is 1. The number of rotatable bonds is 4. The molecule has 1 amide bonds. The maximum absolute atomic E-state index is 12.7. The van der Waals surface area contributed by atoms with Crippen LogP contribution in [0.1, 0.15) is 20.9 Å². The first-order chi connectivity index (χ1) is 13.1. The minimum atomic E-state index is -0.339. The van der Waals surface area contributed by atoms with E-state index in [0.29, 0.717) is 16.5 Å². The van der Waals surface area contributed by atoms with E-state index in [-0.39, 0.29) is 5.91 Å². The summed E-state index contributed by atoms with van der Waals surface area (Å²) in [5, 5.41) is 11.1. The van der Waals surface area contributed by atoms with Gasteiger partial charge in [0.1, 0.15) is 5.69 Å². The van der Waals surface area contributed by atoms with E-state index in [9.17, 15) is 4.79 Å². The van der Waals surface area contributed by atoms with Crippen LogP contribution in [-0.2, 0) is 0 Å². The number of hydrogen-bond acceptors (Lipinski definition) is 7. The number of aryl methyl sites for hydroxylation is 2. The van der Waals surface area contributed by atoms with Crippen LogP contribution in [0.2, 0.25) is 0 Å². The number of pyridine rings is 2. The molecule has 0 spiro atoms. The van der Waals surface area contributed by atoms with Crippen LogP contribution in [0, 0.1) is 13.8 Å². The summed E-state index contributed by atoms with van der Waals surface area (Å²) in [6.07, 6.45) is 6.47. The molecule has 0 unspecified atom stereocenters. The first-order valence-electron chi connectivity index (χ1n) is 8.15. The zero-order chi connectivity index (χ0) is 18.8. The molecule has 9 heteroatoms. The molecule has 1 N–H and O–H groups in total. The summed E-state index contributed by atoms with van der Waals surface area (Å²) in [6.45, 7) is 3.93. The van der Waals surface area contributed by atoms with E-state index >= 15 is 0 Å². The number of carbonyl (C=O) groups is 1. The fourth-order valence-corrected chi connectivity index (χ4v) is 3.34. The van der Waals surface area contributed by atoms with Gasteiger partial charge < -0.3 is 0 Å². The van der Waals surface area contributed by atoms with Crippen molar-refractivity contribution >= 4 is 22.4 Å². The first kappa shape index (κ1) is 17.0. The Balaban J connectivity index is 1.59. The number of thiazole rings is 1. The highest BCUT2D eigenvalue weighted by Crippen LogP contribution is 2.29. The summed E-state index contributed by atoms with van der Waals surface area (Å²) >= 11 is 1.40. The van der Waals surface area contributed by atoms with Crippen LogP contribution in [0.4, 0.5) is 5.13 Å². The van der Waals surface area contributed by atoms with Gasteiger partial charge in [-0.25, -0.2) is 9.67 Å². The summed E-state index contributed by atoms with van der Waals surface area (Å²) in [4.78, 5) is 26.6. The average molecular weight is 377 g/mol. The van der Waals surface area contributed by atoms with Crippen molar-refractivity contribution in [2.45, 2.75) is 13.8 Å². The number of nitrogens with zero attached hydrogens (tertiary/aromatic N) is 6. The Hall–Kier alpha value is -3.46. The molecule has 0 aliphatic carbocycles. The van der Waals surface area contributed by atoms with Crippen LogP contribution in [-0.4, -0.2) is 35.9 Å². The van der Waals surface area contributed by atoms with E-state index in [4.69, 9.17) is 0 Å². The zero-order valence-electron chi connectivity index (χ0n) is 14.6. The molecule has 4 heterocycles. The van der Waals surface area contributed by atoms with Crippen molar-refractivity contribution in [3.8, 4) is 17.1 Å². The Kier molecular flexibility index (Phi) is 4.43. The van der Waals surface area contributed by atoms with E-state index in [2.05, 4.69) is 30.6 Å². The Labute approximate surface area is 159 Å². The molecule has 0 radical (unpaired) electrons. The van der Waals surface area contributed by atoms with Crippen molar-refractivity contribution in [1.29, 1.82) is 0 Å². The van der Waals surface area contributed by atoms with Gasteiger partial charge in [0.2, 0.25) is 0 Å². The van der Waals surface area contributed by atoms with E-state index in [1.54, 1.807) is 30.7 Å². The number of amides is 1. The smallest absolute Gasteiger partial charge is 0.277 e. The predicted molar refractivity (Wildman–Crippen MR) is 102 cm³/mol. The predicted octanol–water partition coefficient (Wildman–Crippen LogP) is 3.05. The van der Waals surface area contributed by atoms with Crippen LogP contribution in [0.5, 0.6) is 0 Å². The van der Waals surface area contributed by atoms with Crippen molar-refractivity contribution in [2.75, 3.05) is 5.32 Å². The molecule has 8 nitrogen and oxygen atoms in total. The summed E-state index contributed by atoms with van der Waals surface area (Å²) in [6, 6.07) is 7.41. The van der Waals surface area contributed by atoms with Crippen molar-refractivity contribution in [3.63, 3.8) is 0 Å². The van der Waals surface area contributed by atoms with Gasteiger partial charge in [0.05, 0.1) is 17.6 Å². The van der Waals surface area contributed by atoms with Crippen molar-refractivity contribution < 1.29 is 4.79 Å². The standard InChI is InChI=1S/C18H15N7OS/c1-11-3-4-14(20-9-11)16-12(2)27-18(22-16)23-17(26)15-10-21-24-25(15)13-5-7-19-8-6-13/h3-10H,1-2H3,(H,22,23,26). The van der Waals surface area contributed by atoms with Crippen molar-refractivity contribution in [3.05, 3.63) is 65.2 Å². The second-order valence-electron chi connectivity index (χ2n) is 5.84. The molecule has 4 rings (SSSR count).